The number of aromatic nitrogens is 2. The SMILES string of the molecule is CC1=[N+](c2c(C)ccc3ccccc23)c2nc3ccccc3n2C1(C)C. The van der Waals surface area contributed by atoms with Gasteiger partial charge in [-0.2, -0.15) is 4.58 Å². The minimum absolute atomic E-state index is 0.130. The summed E-state index contributed by atoms with van der Waals surface area (Å²) in [5.74, 6) is 1.01. The van der Waals surface area contributed by atoms with Crippen LogP contribution >= 0.6 is 0 Å². The highest BCUT2D eigenvalue weighted by atomic mass is 15.3. The number of benzene rings is 3. The van der Waals surface area contributed by atoms with Gasteiger partial charge in [0.1, 0.15) is 16.7 Å². The van der Waals surface area contributed by atoms with Gasteiger partial charge in [0.15, 0.2) is 5.52 Å². The van der Waals surface area contributed by atoms with Crippen molar-refractivity contribution in [3.8, 4) is 0 Å². The van der Waals surface area contributed by atoms with E-state index in [1.54, 1.807) is 0 Å². The van der Waals surface area contributed by atoms with E-state index in [2.05, 4.69) is 97.5 Å². The largest absolute Gasteiger partial charge is 0.405 e. The van der Waals surface area contributed by atoms with E-state index < -0.39 is 0 Å². The van der Waals surface area contributed by atoms with E-state index in [1.807, 2.05) is 0 Å². The van der Waals surface area contributed by atoms with Crippen LogP contribution in [0.4, 0.5) is 11.6 Å². The van der Waals surface area contributed by atoms with Gasteiger partial charge < -0.3 is 0 Å². The first kappa shape index (κ1) is 15.3. The molecule has 4 aromatic rings. The van der Waals surface area contributed by atoms with Gasteiger partial charge in [-0.05, 0) is 50.8 Å². The molecule has 0 atom stereocenters. The summed E-state index contributed by atoms with van der Waals surface area (Å²) in [5.41, 5.74) is 5.90. The fourth-order valence-electron chi connectivity index (χ4n) is 4.23. The average Bonchev–Trinajstić information content (AvgIpc) is 3.10. The number of imidazole rings is 1. The zero-order valence-electron chi connectivity index (χ0n) is 15.6. The van der Waals surface area contributed by atoms with Crippen molar-refractivity contribution in [1.29, 1.82) is 0 Å². The van der Waals surface area contributed by atoms with E-state index in [-0.39, 0.29) is 5.54 Å². The minimum atomic E-state index is -0.130. The maximum atomic E-state index is 5.01. The summed E-state index contributed by atoms with van der Waals surface area (Å²) < 4.78 is 4.73. The van der Waals surface area contributed by atoms with Gasteiger partial charge in [0.25, 0.3) is 0 Å². The summed E-state index contributed by atoms with van der Waals surface area (Å²) in [4.78, 5) is 5.01. The average molecular weight is 340 g/mol. The summed E-state index contributed by atoms with van der Waals surface area (Å²) in [7, 11) is 0. The Labute approximate surface area is 153 Å². The van der Waals surface area contributed by atoms with Crippen LogP contribution in [0.5, 0.6) is 0 Å². The van der Waals surface area contributed by atoms with Gasteiger partial charge in [-0.15, -0.1) is 0 Å². The molecule has 3 aromatic carbocycles. The molecule has 1 aliphatic rings. The minimum Gasteiger partial charge on any atom is -0.213 e. The van der Waals surface area contributed by atoms with Crippen LogP contribution in [0.15, 0.2) is 60.7 Å². The number of hydrogen-bond acceptors (Lipinski definition) is 1. The molecule has 3 heteroatoms. The smallest absolute Gasteiger partial charge is 0.213 e. The topological polar surface area (TPSA) is 20.8 Å². The molecule has 26 heavy (non-hydrogen) atoms. The summed E-state index contributed by atoms with van der Waals surface area (Å²) in [5, 5.41) is 2.52. The fourth-order valence-corrected chi connectivity index (χ4v) is 4.23. The van der Waals surface area contributed by atoms with Crippen LogP contribution in [0, 0.1) is 6.92 Å². The van der Waals surface area contributed by atoms with Gasteiger partial charge in [0, 0.05) is 5.39 Å². The number of nitrogens with zero attached hydrogens (tertiary/aromatic N) is 3. The fraction of sp³-hybridized carbons (Fsp3) is 0.217. The third-order valence-corrected chi connectivity index (χ3v) is 5.85. The summed E-state index contributed by atoms with van der Waals surface area (Å²) in [6, 6.07) is 21.4. The Morgan fingerprint density at radius 3 is 2.46 bits per heavy atom. The molecule has 0 fully saturated rings. The molecular weight excluding hydrogens is 318 g/mol. The number of rotatable bonds is 1. The normalized spacial score (nSPS) is 15.8. The summed E-state index contributed by atoms with van der Waals surface area (Å²) >= 11 is 0. The van der Waals surface area contributed by atoms with Gasteiger partial charge in [-0.25, -0.2) is 4.57 Å². The van der Waals surface area contributed by atoms with Crippen molar-refractivity contribution in [2.75, 3.05) is 0 Å². The molecule has 2 heterocycles. The molecule has 0 bridgehead atoms. The summed E-state index contributed by atoms with van der Waals surface area (Å²) in [6.45, 7) is 8.97. The van der Waals surface area contributed by atoms with E-state index in [4.69, 9.17) is 4.98 Å². The molecule has 1 aliphatic heterocycles. The Kier molecular flexibility index (Phi) is 2.97. The highest BCUT2D eigenvalue weighted by molar-refractivity contribution is 6.04. The first-order chi connectivity index (χ1) is 12.5. The molecule has 0 aliphatic carbocycles. The van der Waals surface area contributed by atoms with Crippen molar-refractivity contribution in [1.82, 2.24) is 14.1 Å². The maximum absolute atomic E-state index is 5.01. The first-order valence-corrected chi connectivity index (χ1v) is 9.10. The monoisotopic (exact) mass is 340 g/mol. The number of hydrogen-bond donors (Lipinski definition) is 0. The first-order valence-electron chi connectivity index (χ1n) is 9.10. The molecule has 0 unspecified atom stereocenters. The maximum Gasteiger partial charge on any atom is 0.405 e. The van der Waals surface area contributed by atoms with Crippen molar-refractivity contribution < 1.29 is 0 Å². The van der Waals surface area contributed by atoms with E-state index in [9.17, 15) is 0 Å². The highest BCUT2D eigenvalue weighted by Gasteiger charge is 2.46. The molecular formula is C23H22N3+. The second-order valence-corrected chi connectivity index (χ2v) is 7.67. The predicted octanol–water partition coefficient (Wildman–Crippen LogP) is 5.54. The lowest BCUT2D eigenvalue weighted by Crippen LogP contribution is -2.31. The molecule has 3 nitrogen and oxygen atoms in total. The van der Waals surface area contributed by atoms with E-state index in [0.29, 0.717) is 0 Å². The third kappa shape index (κ3) is 1.83. The zero-order valence-corrected chi connectivity index (χ0v) is 15.6. The van der Waals surface area contributed by atoms with Gasteiger partial charge >= 0.3 is 5.95 Å². The third-order valence-electron chi connectivity index (χ3n) is 5.85. The van der Waals surface area contributed by atoms with Crippen LogP contribution in [-0.2, 0) is 5.54 Å². The van der Waals surface area contributed by atoms with Crippen LogP contribution in [0.2, 0.25) is 0 Å². The number of fused-ring (bicyclic) bond motifs is 4. The second kappa shape index (κ2) is 5.04. The molecule has 128 valence electrons. The van der Waals surface area contributed by atoms with E-state index >= 15 is 0 Å². The predicted molar refractivity (Wildman–Crippen MR) is 110 cm³/mol. The quantitative estimate of drug-likeness (QED) is 0.417. The lowest BCUT2D eigenvalue weighted by molar-refractivity contribution is 0.528. The molecule has 0 saturated carbocycles. The second-order valence-electron chi connectivity index (χ2n) is 7.67. The van der Waals surface area contributed by atoms with Crippen molar-refractivity contribution in [3.05, 3.63) is 66.2 Å². The van der Waals surface area contributed by atoms with E-state index in [0.717, 1.165) is 11.5 Å². The Balaban J connectivity index is 1.93. The van der Waals surface area contributed by atoms with Crippen molar-refractivity contribution in [2.24, 2.45) is 0 Å². The van der Waals surface area contributed by atoms with Crippen molar-refractivity contribution in [3.63, 3.8) is 0 Å². The standard InChI is InChI=1S/C23H22N3/c1-15-13-14-17-9-5-6-10-18(17)21(15)25-16(2)23(3,4)26-20-12-8-7-11-19(20)24-22(25)26/h5-14H,1-4H3/q+1. The Bertz CT molecular complexity index is 1220. The van der Waals surface area contributed by atoms with Crippen molar-refractivity contribution >= 4 is 39.2 Å². The Hall–Kier alpha value is -2.94. The zero-order chi connectivity index (χ0) is 18.1. The van der Waals surface area contributed by atoms with Gasteiger partial charge in [-0.1, -0.05) is 53.5 Å². The van der Waals surface area contributed by atoms with E-state index in [1.165, 1.54) is 33.3 Å². The van der Waals surface area contributed by atoms with Gasteiger partial charge in [-0.3, -0.25) is 0 Å². The Morgan fingerprint density at radius 1 is 0.885 bits per heavy atom. The molecule has 0 saturated heterocycles. The van der Waals surface area contributed by atoms with Crippen LogP contribution in [0.3, 0.4) is 0 Å². The van der Waals surface area contributed by atoms with Crippen LogP contribution < -0.4 is 4.58 Å². The molecule has 0 spiro atoms. The van der Waals surface area contributed by atoms with Crippen molar-refractivity contribution in [2.45, 2.75) is 33.2 Å². The lowest BCUT2D eigenvalue weighted by atomic mass is 9.98. The van der Waals surface area contributed by atoms with Gasteiger partial charge in [0.05, 0.1) is 5.71 Å². The number of para-hydroxylation sites is 2. The number of aryl methyl sites for hydroxylation is 1. The highest BCUT2D eigenvalue weighted by Crippen LogP contribution is 2.41. The molecule has 1 aromatic heterocycles. The molecule has 0 amide bonds. The Morgan fingerprint density at radius 2 is 1.62 bits per heavy atom. The lowest BCUT2D eigenvalue weighted by Gasteiger charge is -2.17. The molecule has 0 N–H and O–H groups in total. The van der Waals surface area contributed by atoms with Crippen LogP contribution in [0.1, 0.15) is 26.3 Å². The van der Waals surface area contributed by atoms with Crippen LogP contribution in [-0.4, -0.2) is 15.3 Å². The van der Waals surface area contributed by atoms with Crippen LogP contribution in [0.25, 0.3) is 21.8 Å². The molecule has 5 rings (SSSR count). The van der Waals surface area contributed by atoms with Gasteiger partial charge in [0.2, 0.25) is 0 Å². The summed E-state index contributed by atoms with van der Waals surface area (Å²) in [6.07, 6.45) is 0. The molecule has 0 radical (unpaired) electrons.